The van der Waals surface area contributed by atoms with Crippen molar-refractivity contribution in [2.75, 3.05) is 0 Å². The summed E-state index contributed by atoms with van der Waals surface area (Å²) in [5.41, 5.74) is 14.4. The molecule has 0 aliphatic rings. The van der Waals surface area contributed by atoms with Gasteiger partial charge in [0.25, 0.3) is 0 Å². The van der Waals surface area contributed by atoms with Crippen molar-refractivity contribution in [1.82, 2.24) is 0 Å². The van der Waals surface area contributed by atoms with E-state index in [1.807, 2.05) is 0 Å². The normalized spacial score (nSPS) is 5.43. The highest BCUT2D eigenvalue weighted by Gasteiger charge is 1.59. The van der Waals surface area contributed by atoms with Crippen molar-refractivity contribution in [2.45, 2.75) is 0 Å². The van der Waals surface area contributed by atoms with Gasteiger partial charge in [-0.2, -0.15) is 0 Å². The molecule has 0 aliphatic heterocycles. The van der Waals surface area contributed by atoms with Gasteiger partial charge in [0.05, 0.1) is 0 Å². The third-order valence-corrected chi connectivity index (χ3v) is 0.192. The molecule has 0 fully saturated rings. The van der Waals surface area contributed by atoms with Crippen molar-refractivity contribution < 1.29 is 0 Å². The molecular formula is C2H11N5. The van der Waals surface area contributed by atoms with E-state index in [9.17, 15) is 0 Å². The lowest BCUT2D eigenvalue weighted by Crippen LogP contribution is -2.09. The summed E-state index contributed by atoms with van der Waals surface area (Å²) in [6.45, 7) is 0. The maximum atomic E-state index is 4.81. The largest absolute Gasteiger partial charge is 0.402 e. The Bertz CT molecular complexity index is 44.0. The number of hydrazine groups is 1. The molecule has 0 heterocycles. The van der Waals surface area contributed by atoms with Crippen molar-refractivity contribution in [2.24, 2.45) is 28.9 Å². The Balaban J connectivity index is 0. The first-order valence-corrected chi connectivity index (χ1v) is 1.53. The Labute approximate surface area is 42.1 Å². The van der Waals surface area contributed by atoms with Crippen molar-refractivity contribution in [3.8, 4) is 0 Å². The van der Waals surface area contributed by atoms with Gasteiger partial charge in [0.15, 0.2) is 0 Å². The number of rotatable bonds is 0. The molecule has 0 saturated carbocycles. The third-order valence-electron chi connectivity index (χ3n) is 0.192. The monoisotopic (exact) mass is 105 g/mol. The quantitative estimate of drug-likeness (QED) is 0.171. The fourth-order valence-corrected chi connectivity index (χ4v) is 0. The van der Waals surface area contributed by atoms with Crippen LogP contribution in [0.4, 0.5) is 0 Å². The number of hydrogen-bond donors (Lipinski definition) is 5. The Hall–Kier alpha value is -0.940. The third kappa shape index (κ3) is 42.2. The van der Waals surface area contributed by atoms with E-state index in [2.05, 4.69) is 11.7 Å². The predicted octanol–water partition coefficient (Wildman–Crippen LogP) is -2.52. The molecule has 7 heavy (non-hydrogen) atoms. The van der Waals surface area contributed by atoms with E-state index < -0.39 is 0 Å². The van der Waals surface area contributed by atoms with E-state index in [0.29, 0.717) is 0 Å². The summed E-state index contributed by atoms with van der Waals surface area (Å²) in [6.07, 6.45) is 1.14. The lowest BCUT2D eigenvalue weighted by molar-refractivity contribution is 1.22. The van der Waals surface area contributed by atoms with Gasteiger partial charge in [-0.15, -0.1) is 0 Å². The van der Waals surface area contributed by atoms with Gasteiger partial charge in [-0.3, -0.25) is 11.7 Å². The summed E-state index contributed by atoms with van der Waals surface area (Å²) >= 11 is 0. The van der Waals surface area contributed by atoms with Gasteiger partial charge in [-0.1, -0.05) is 0 Å². The van der Waals surface area contributed by atoms with Crippen LogP contribution in [-0.2, 0) is 0 Å². The van der Waals surface area contributed by atoms with Crippen LogP contribution < -0.4 is 28.9 Å². The lowest BCUT2D eigenvalue weighted by Gasteiger charge is -1.78. The van der Waals surface area contributed by atoms with Crippen LogP contribution in [0, 0.1) is 0 Å². The summed E-state index contributed by atoms with van der Waals surface area (Å²) in [5.74, 6) is 8.16. The molecule has 0 spiro atoms. The molecule has 44 valence electrons. The second-order valence-corrected chi connectivity index (χ2v) is 0.667. The highest BCUT2D eigenvalue weighted by Crippen LogP contribution is 1.49. The van der Waals surface area contributed by atoms with Gasteiger partial charge in [-0.05, 0) is 0 Å². The molecular weight excluding hydrogens is 94.1 g/mol. The zero-order valence-corrected chi connectivity index (χ0v) is 3.96. The molecule has 0 bridgehead atoms. The molecule has 0 aromatic rings. The van der Waals surface area contributed by atoms with E-state index in [4.69, 9.17) is 17.2 Å². The summed E-state index contributed by atoms with van der Waals surface area (Å²) in [7, 11) is 0. The minimum absolute atomic E-state index is 0.157. The van der Waals surface area contributed by atoms with E-state index in [-0.39, 0.29) is 5.82 Å². The minimum atomic E-state index is 0.157. The zero-order valence-electron chi connectivity index (χ0n) is 3.96. The SMILES string of the molecule is NC=C(N)N.NN. The maximum absolute atomic E-state index is 4.81. The van der Waals surface area contributed by atoms with Crippen LogP contribution >= 0.6 is 0 Å². The second kappa shape index (κ2) is 8.91. The van der Waals surface area contributed by atoms with Crippen LogP contribution in [0.15, 0.2) is 12.0 Å². The summed E-state index contributed by atoms with van der Waals surface area (Å²) < 4.78 is 0. The average molecular weight is 105 g/mol. The molecule has 5 nitrogen and oxygen atoms in total. The summed E-state index contributed by atoms with van der Waals surface area (Å²) in [6, 6.07) is 0. The average Bonchev–Trinajstić information content (AvgIpc) is 1.73. The molecule has 0 amide bonds. The molecule has 0 radical (unpaired) electrons. The molecule has 0 unspecified atom stereocenters. The second-order valence-electron chi connectivity index (χ2n) is 0.667. The van der Waals surface area contributed by atoms with Crippen molar-refractivity contribution in [1.29, 1.82) is 0 Å². The number of hydrogen-bond acceptors (Lipinski definition) is 5. The highest BCUT2D eigenvalue weighted by atomic mass is 15.0. The van der Waals surface area contributed by atoms with Gasteiger partial charge >= 0.3 is 0 Å². The van der Waals surface area contributed by atoms with Crippen molar-refractivity contribution >= 4 is 0 Å². The van der Waals surface area contributed by atoms with E-state index in [1.165, 1.54) is 0 Å². The molecule has 0 aliphatic carbocycles. The van der Waals surface area contributed by atoms with E-state index in [0.717, 1.165) is 6.20 Å². The number of nitrogens with two attached hydrogens (primary N) is 5. The van der Waals surface area contributed by atoms with Gasteiger partial charge in [-0.25, -0.2) is 0 Å². The Kier molecular flexibility index (Phi) is 12.0. The first-order valence-electron chi connectivity index (χ1n) is 1.53. The van der Waals surface area contributed by atoms with Crippen LogP contribution in [0.5, 0.6) is 0 Å². The van der Waals surface area contributed by atoms with Crippen molar-refractivity contribution in [3.05, 3.63) is 12.0 Å². The minimum Gasteiger partial charge on any atom is -0.402 e. The molecule has 10 N–H and O–H groups in total. The highest BCUT2D eigenvalue weighted by molar-refractivity contribution is 4.83. The Morgan fingerprint density at radius 2 is 1.29 bits per heavy atom. The van der Waals surface area contributed by atoms with Gasteiger partial charge < -0.3 is 17.2 Å². The molecule has 0 aromatic carbocycles. The van der Waals surface area contributed by atoms with E-state index in [1.54, 1.807) is 0 Å². The predicted molar refractivity (Wildman–Crippen MR) is 29.0 cm³/mol. The topological polar surface area (TPSA) is 130 Å². The molecule has 0 rings (SSSR count). The van der Waals surface area contributed by atoms with Gasteiger partial charge in [0, 0.05) is 6.20 Å². The van der Waals surface area contributed by atoms with Crippen LogP contribution in [0.25, 0.3) is 0 Å². The molecule has 0 saturated heterocycles. The Morgan fingerprint density at radius 3 is 1.29 bits per heavy atom. The van der Waals surface area contributed by atoms with Crippen LogP contribution in [0.2, 0.25) is 0 Å². The summed E-state index contributed by atoms with van der Waals surface area (Å²) in [4.78, 5) is 0. The summed E-state index contributed by atoms with van der Waals surface area (Å²) in [5, 5.41) is 0. The van der Waals surface area contributed by atoms with Crippen LogP contribution in [-0.4, -0.2) is 0 Å². The fraction of sp³-hybridized carbons (Fsp3) is 0. The van der Waals surface area contributed by atoms with Gasteiger partial charge in [0.1, 0.15) is 5.82 Å². The van der Waals surface area contributed by atoms with Crippen LogP contribution in [0.3, 0.4) is 0 Å². The standard InChI is InChI=1S/C2H7N3.H4N2/c3-1-2(4)5;1-2/h1H,3-5H2;1-2H2. The van der Waals surface area contributed by atoms with Gasteiger partial charge in [0.2, 0.25) is 0 Å². The molecule has 0 atom stereocenters. The first-order chi connectivity index (χ1) is 3.27. The lowest BCUT2D eigenvalue weighted by atomic mass is 10.8. The Morgan fingerprint density at radius 1 is 1.14 bits per heavy atom. The van der Waals surface area contributed by atoms with Crippen LogP contribution in [0.1, 0.15) is 0 Å². The smallest absolute Gasteiger partial charge is 0.109 e. The first kappa shape index (κ1) is 9.41. The maximum Gasteiger partial charge on any atom is 0.109 e. The molecule has 0 aromatic heterocycles. The molecule has 5 heteroatoms. The van der Waals surface area contributed by atoms with E-state index >= 15 is 0 Å². The fourth-order valence-electron chi connectivity index (χ4n) is 0. The van der Waals surface area contributed by atoms with Crippen molar-refractivity contribution in [3.63, 3.8) is 0 Å². The zero-order chi connectivity index (χ0) is 6.28.